The van der Waals surface area contributed by atoms with Crippen molar-refractivity contribution in [3.05, 3.63) is 39.7 Å². The zero-order valence-electron chi connectivity index (χ0n) is 11.1. The minimum atomic E-state index is -0.336. The Labute approximate surface area is 99.1 Å². The molecule has 0 aliphatic heterocycles. The molecule has 0 atom stereocenters. The van der Waals surface area contributed by atoms with Crippen LogP contribution in [0.4, 0.5) is 0 Å². The first-order valence-corrected chi connectivity index (χ1v) is 4.78. The number of halogens is 2. The van der Waals surface area contributed by atoms with E-state index in [4.69, 9.17) is 6.85 Å². The summed E-state index contributed by atoms with van der Waals surface area (Å²) in [4.78, 5) is 3.64. The van der Waals surface area contributed by atoms with Crippen LogP contribution in [-0.4, -0.2) is 14.8 Å². The molecule has 0 saturated carbocycles. The number of nitrogens with zero attached hydrogens (tertiary/aromatic N) is 3. The van der Waals surface area contributed by atoms with Crippen molar-refractivity contribution in [3.8, 4) is 5.69 Å². The Morgan fingerprint density at radius 1 is 1.23 bits per heavy atom. The molecule has 2 aromatic heterocycles. The zero-order chi connectivity index (χ0) is 13.6. The van der Waals surface area contributed by atoms with Gasteiger partial charge < -0.3 is 0 Å². The molecule has 0 spiro atoms. The van der Waals surface area contributed by atoms with Gasteiger partial charge in [0.1, 0.15) is 0 Å². The van der Waals surface area contributed by atoms with E-state index in [0.29, 0.717) is 0 Å². The van der Waals surface area contributed by atoms with Gasteiger partial charge in [0.15, 0.2) is 0 Å². The van der Waals surface area contributed by atoms with Gasteiger partial charge >= 0.3 is 0 Å². The standard InChI is InChI=1S/C8H5Br2N3/c9-6-1-8(4-11-2-6)13-5-7(10)3-12-13/h1-5H/i1D,2D,3D,4D,5D. The molecule has 66 valence electrons. The van der Waals surface area contributed by atoms with Crippen LogP contribution in [0.2, 0.25) is 0 Å². The number of aromatic nitrogens is 3. The Hall–Kier alpha value is -0.680. The second-order valence-corrected chi connectivity index (χ2v) is 3.66. The molecule has 0 bridgehead atoms. The van der Waals surface area contributed by atoms with Crippen LogP contribution >= 0.6 is 31.9 Å². The SMILES string of the molecule is [2H]c1nc([2H])c(-n2nc([2H])c(Br)c2[2H])c([2H])c1Br. The predicted octanol–water partition coefficient (Wildman–Crippen LogP) is 2.79. The van der Waals surface area contributed by atoms with Gasteiger partial charge in [-0.25, -0.2) is 4.68 Å². The Morgan fingerprint density at radius 2 is 2.08 bits per heavy atom. The second kappa shape index (κ2) is 3.59. The van der Waals surface area contributed by atoms with E-state index in [0.717, 1.165) is 4.68 Å². The van der Waals surface area contributed by atoms with Crippen LogP contribution < -0.4 is 0 Å². The van der Waals surface area contributed by atoms with E-state index in [-0.39, 0.29) is 45.4 Å². The third kappa shape index (κ3) is 1.97. The highest BCUT2D eigenvalue weighted by Crippen LogP contribution is 2.15. The lowest BCUT2D eigenvalue weighted by Crippen LogP contribution is -1.94. The van der Waals surface area contributed by atoms with Gasteiger partial charge in [0.2, 0.25) is 0 Å². The summed E-state index contributed by atoms with van der Waals surface area (Å²) in [6, 6.07) is -0.163. The molecule has 2 rings (SSSR count). The molecule has 5 heteroatoms. The van der Waals surface area contributed by atoms with Gasteiger partial charge in [0, 0.05) is 16.8 Å². The third-order valence-electron chi connectivity index (χ3n) is 1.21. The molecule has 2 heterocycles. The molecule has 13 heavy (non-hydrogen) atoms. The maximum atomic E-state index is 7.84. The van der Waals surface area contributed by atoms with Crippen molar-refractivity contribution < 1.29 is 6.85 Å². The van der Waals surface area contributed by atoms with Gasteiger partial charge in [0.05, 0.1) is 29.4 Å². The topological polar surface area (TPSA) is 30.7 Å². The summed E-state index contributed by atoms with van der Waals surface area (Å²) < 4.78 is 39.5. The maximum Gasteiger partial charge on any atom is 0.0872 e. The molecular weight excluding hydrogens is 298 g/mol. The molecule has 2 aromatic rings. The summed E-state index contributed by atoms with van der Waals surface area (Å²) in [6.45, 7) is 0. The Kier molecular flexibility index (Phi) is 1.30. The normalized spacial score (nSPS) is 15.7. The molecule has 0 aromatic carbocycles. The fourth-order valence-corrected chi connectivity index (χ4v) is 1.26. The monoisotopic (exact) mass is 306 g/mol. The minimum absolute atomic E-state index is 0.0397. The highest BCUT2D eigenvalue weighted by atomic mass is 79.9. The smallest absolute Gasteiger partial charge is 0.0872 e. The number of pyridine rings is 1. The van der Waals surface area contributed by atoms with Crippen LogP contribution in [0, 0.1) is 0 Å². The highest BCUT2D eigenvalue weighted by Gasteiger charge is 1.99. The largest absolute Gasteiger partial charge is 0.261 e. The minimum Gasteiger partial charge on any atom is -0.261 e. The quantitative estimate of drug-likeness (QED) is 0.811. The van der Waals surface area contributed by atoms with Crippen molar-refractivity contribution in [2.45, 2.75) is 0 Å². The first-order valence-electron chi connectivity index (χ1n) is 5.70. The fraction of sp³-hybridized carbons (Fsp3) is 0. The molecule has 0 aliphatic rings. The summed E-state index contributed by atoms with van der Waals surface area (Å²) >= 11 is 6.06. The van der Waals surface area contributed by atoms with Crippen LogP contribution in [0.3, 0.4) is 0 Å². The summed E-state index contributed by atoms with van der Waals surface area (Å²) in [6.07, 6.45) is -0.868. The average Bonchev–Trinajstić information content (AvgIpc) is 2.55. The van der Waals surface area contributed by atoms with E-state index in [1.165, 1.54) is 0 Å². The van der Waals surface area contributed by atoms with Crippen molar-refractivity contribution >= 4 is 31.9 Å². The molecule has 0 radical (unpaired) electrons. The van der Waals surface area contributed by atoms with Gasteiger partial charge in [-0.1, -0.05) is 0 Å². The highest BCUT2D eigenvalue weighted by molar-refractivity contribution is 9.10. The van der Waals surface area contributed by atoms with Crippen molar-refractivity contribution in [1.29, 1.82) is 0 Å². The Bertz CT molecular complexity index is 642. The summed E-state index contributed by atoms with van der Waals surface area (Å²) in [5, 5.41) is 3.76. The summed E-state index contributed by atoms with van der Waals surface area (Å²) in [7, 11) is 0. The van der Waals surface area contributed by atoms with E-state index < -0.39 is 0 Å². The van der Waals surface area contributed by atoms with Gasteiger partial charge in [-0.15, -0.1) is 0 Å². The molecule has 0 fully saturated rings. The van der Waals surface area contributed by atoms with Crippen molar-refractivity contribution in [1.82, 2.24) is 14.8 Å². The second-order valence-electron chi connectivity index (χ2n) is 2.07. The molecule has 0 N–H and O–H groups in total. The number of hydrogen-bond donors (Lipinski definition) is 0. The van der Waals surface area contributed by atoms with Crippen LogP contribution in [0.25, 0.3) is 5.69 Å². The van der Waals surface area contributed by atoms with E-state index in [1.54, 1.807) is 0 Å². The maximum absolute atomic E-state index is 7.84. The van der Waals surface area contributed by atoms with Crippen molar-refractivity contribution in [3.63, 3.8) is 0 Å². The number of hydrogen-bond acceptors (Lipinski definition) is 2. The first kappa shape index (κ1) is 4.70. The molecule has 0 unspecified atom stereocenters. The van der Waals surface area contributed by atoms with Gasteiger partial charge in [-0.2, -0.15) is 5.10 Å². The van der Waals surface area contributed by atoms with E-state index in [9.17, 15) is 0 Å². The Morgan fingerprint density at radius 3 is 2.77 bits per heavy atom. The summed E-state index contributed by atoms with van der Waals surface area (Å²) in [5.41, 5.74) is -0.0397. The van der Waals surface area contributed by atoms with Crippen molar-refractivity contribution in [2.75, 3.05) is 0 Å². The van der Waals surface area contributed by atoms with Crippen molar-refractivity contribution in [2.24, 2.45) is 0 Å². The molecule has 3 nitrogen and oxygen atoms in total. The van der Waals surface area contributed by atoms with Crippen LogP contribution in [-0.2, 0) is 0 Å². The van der Waals surface area contributed by atoms with Crippen LogP contribution in [0.5, 0.6) is 0 Å². The van der Waals surface area contributed by atoms with Gasteiger partial charge in [0.25, 0.3) is 0 Å². The zero-order valence-corrected chi connectivity index (χ0v) is 9.27. The van der Waals surface area contributed by atoms with Gasteiger partial charge in [-0.3, -0.25) is 4.98 Å². The van der Waals surface area contributed by atoms with E-state index in [1.807, 2.05) is 0 Å². The number of rotatable bonds is 1. The lowest BCUT2D eigenvalue weighted by Gasteiger charge is -1.99. The average molecular weight is 308 g/mol. The van der Waals surface area contributed by atoms with Crippen LogP contribution in [0.15, 0.2) is 39.7 Å². The van der Waals surface area contributed by atoms with Crippen LogP contribution in [0.1, 0.15) is 6.85 Å². The lowest BCUT2D eigenvalue weighted by molar-refractivity contribution is 0.872. The lowest BCUT2D eigenvalue weighted by atomic mass is 10.4. The fourth-order valence-electron chi connectivity index (χ4n) is 0.733. The molecular formula is C8H5Br2N3. The van der Waals surface area contributed by atoms with Gasteiger partial charge in [-0.05, 0) is 37.9 Å². The van der Waals surface area contributed by atoms with E-state index >= 15 is 0 Å². The molecule has 0 aliphatic carbocycles. The molecule has 0 saturated heterocycles. The first-order chi connectivity index (χ1) is 8.34. The van der Waals surface area contributed by atoms with E-state index in [2.05, 4.69) is 41.9 Å². The Balaban J connectivity index is 2.79. The summed E-state index contributed by atoms with van der Waals surface area (Å²) in [5.74, 6) is 0. The third-order valence-corrected chi connectivity index (χ3v) is 1.94. The predicted molar refractivity (Wildman–Crippen MR) is 56.8 cm³/mol. The molecule has 0 amide bonds.